The van der Waals surface area contributed by atoms with Gasteiger partial charge in [-0.2, -0.15) is 0 Å². The van der Waals surface area contributed by atoms with E-state index in [0.717, 1.165) is 0 Å². The van der Waals surface area contributed by atoms with Crippen molar-refractivity contribution in [2.75, 3.05) is 85.5 Å². The molecule has 15 nitrogen and oxygen atoms in total. The van der Waals surface area contributed by atoms with E-state index in [1.54, 1.807) is 6.08 Å². The Morgan fingerprint density at radius 3 is 2.07 bits per heavy atom. The van der Waals surface area contributed by atoms with Crippen molar-refractivity contribution in [1.29, 1.82) is 0 Å². The number of allylic oxidation sites excluding steroid dienone is 1. The minimum atomic E-state index is -1.49. The van der Waals surface area contributed by atoms with Gasteiger partial charge in [0.1, 0.15) is 6.23 Å². The summed E-state index contributed by atoms with van der Waals surface area (Å²) in [5.41, 5.74) is 0.502. The van der Waals surface area contributed by atoms with Gasteiger partial charge in [0.15, 0.2) is 0 Å². The van der Waals surface area contributed by atoms with Gasteiger partial charge in [0.2, 0.25) is 5.91 Å². The zero-order valence-electron chi connectivity index (χ0n) is 24.4. The highest BCUT2D eigenvalue weighted by Crippen LogP contribution is 2.34. The third kappa shape index (κ3) is 11.2. The Kier molecular flexibility index (Phi) is 19.4. The number of aliphatic hydroxyl groups is 10. The molecule has 0 radical (unpaired) electrons. The fourth-order valence-corrected chi connectivity index (χ4v) is 5.12. The van der Waals surface area contributed by atoms with Gasteiger partial charge in [0.05, 0.1) is 76.5 Å². The topological polar surface area (TPSA) is 250 Å². The van der Waals surface area contributed by atoms with Gasteiger partial charge in [0.25, 0.3) is 0 Å². The Hall–Kier alpha value is -1.57. The van der Waals surface area contributed by atoms with E-state index in [-0.39, 0.29) is 58.1 Å². The third-order valence-electron chi connectivity index (χ3n) is 7.44. The van der Waals surface area contributed by atoms with Gasteiger partial charge in [-0.3, -0.25) is 9.69 Å². The molecule has 0 aromatic heterocycles. The molecule has 0 aromatic carbocycles. The lowest BCUT2D eigenvalue weighted by Crippen LogP contribution is -2.58. The first kappa shape index (κ1) is 38.5. The Labute approximate surface area is 247 Å². The van der Waals surface area contributed by atoms with E-state index in [1.165, 1.54) is 15.9 Å². The summed E-state index contributed by atoms with van der Waals surface area (Å²) in [6.45, 7) is -1.14. The molecule has 15 heteroatoms. The second kappa shape index (κ2) is 21.2. The number of hydrogen-bond donors (Lipinski definition) is 12. The molecular weight excluding hydrogens is 556 g/mol. The lowest BCUT2D eigenvalue weighted by atomic mass is 9.79. The van der Waals surface area contributed by atoms with Gasteiger partial charge >= 0.3 is 0 Å². The Bertz CT molecular complexity index is 819. The van der Waals surface area contributed by atoms with Crippen molar-refractivity contribution in [3.63, 3.8) is 0 Å². The number of nitrogens with one attached hydrogen (secondary N) is 2. The Balaban J connectivity index is 3.40. The molecular formula is C27H52N4O11. The van der Waals surface area contributed by atoms with E-state index in [2.05, 4.69) is 10.6 Å². The molecule has 1 aliphatic rings. The van der Waals surface area contributed by atoms with Crippen LogP contribution in [0.25, 0.3) is 0 Å². The summed E-state index contributed by atoms with van der Waals surface area (Å²) in [6.07, 6.45) is -0.464. The van der Waals surface area contributed by atoms with Crippen LogP contribution in [0.4, 0.5) is 0 Å². The summed E-state index contributed by atoms with van der Waals surface area (Å²) in [5, 5.41) is 106. The van der Waals surface area contributed by atoms with Crippen molar-refractivity contribution in [1.82, 2.24) is 20.4 Å². The van der Waals surface area contributed by atoms with Crippen molar-refractivity contribution in [3.05, 3.63) is 23.3 Å². The first-order valence-corrected chi connectivity index (χ1v) is 14.4. The van der Waals surface area contributed by atoms with Gasteiger partial charge < -0.3 is 66.6 Å². The molecule has 0 heterocycles. The number of rotatable bonds is 23. The second-order valence-electron chi connectivity index (χ2n) is 10.2. The zero-order valence-corrected chi connectivity index (χ0v) is 24.4. The minimum Gasteiger partial charge on any atom is -0.395 e. The summed E-state index contributed by atoms with van der Waals surface area (Å²) in [7, 11) is 0. The average Bonchev–Trinajstić information content (AvgIpc) is 3.00. The smallest absolute Gasteiger partial charge is 0.230 e. The van der Waals surface area contributed by atoms with Crippen LogP contribution in [0.15, 0.2) is 23.3 Å². The molecule has 0 saturated heterocycles. The lowest BCUT2D eigenvalue weighted by Gasteiger charge is -2.40. The fraction of sp³-hybridized carbons (Fsp3) is 0.815. The highest BCUT2D eigenvalue weighted by molar-refractivity contribution is 5.82. The summed E-state index contributed by atoms with van der Waals surface area (Å²) in [4.78, 5) is 16.5. The van der Waals surface area contributed by atoms with Gasteiger partial charge in [-0.1, -0.05) is 19.1 Å². The van der Waals surface area contributed by atoms with Crippen molar-refractivity contribution in [2.24, 2.45) is 11.8 Å². The van der Waals surface area contributed by atoms with Crippen LogP contribution in [0.3, 0.4) is 0 Å². The predicted octanol–water partition coefficient (Wildman–Crippen LogP) is -5.47. The highest BCUT2D eigenvalue weighted by atomic mass is 16.3. The van der Waals surface area contributed by atoms with Gasteiger partial charge in [-0.05, 0) is 23.5 Å². The number of hydrogen-bond acceptors (Lipinski definition) is 14. The van der Waals surface area contributed by atoms with Crippen molar-refractivity contribution in [3.8, 4) is 0 Å². The van der Waals surface area contributed by atoms with Gasteiger partial charge in [0, 0.05) is 39.3 Å². The normalized spacial score (nSPS) is 21.0. The van der Waals surface area contributed by atoms with Crippen molar-refractivity contribution >= 4 is 5.91 Å². The number of amides is 1. The van der Waals surface area contributed by atoms with Crippen molar-refractivity contribution in [2.45, 2.75) is 43.9 Å². The first-order chi connectivity index (χ1) is 20.2. The number of carbonyl (C=O) groups excluding carboxylic acids is 1. The van der Waals surface area contributed by atoms with Crippen LogP contribution in [0.1, 0.15) is 13.3 Å². The first-order valence-electron chi connectivity index (χ1n) is 14.4. The standard InChI is InChI=1S/C27H52N4O11/c1-2-18-11-19(15-36)21(26(41)30(5-9-34)14-25(40)24(39)13-28-3-7-32)12-20(18)27(42)31(6-10-35)23(17-38)22(16-37)29-4-8-33/h11-12,18,20,22-26,28-29,32-41H,2-10,13-17H2,1H3. The molecule has 1 rings (SSSR count). The van der Waals surface area contributed by atoms with E-state index in [9.17, 15) is 50.8 Å². The molecule has 0 aliphatic heterocycles. The summed E-state index contributed by atoms with van der Waals surface area (Å²) in [6, 6.07) is -1.76. The van der Waals surface area contributed by atoms with Crippen LogP contribution in [0.5, 0.6) is 0 Å². The van der Waals surface area contributed by atoms with Gasteiger partial charge in [-0.25, -0.2) is 0 Å². The zero-order chi connectivity index (χ0) is 31.7. The average molecular weight is 609 g/mol. The minimum absolute atomic E-state index is 0.0290. The molecule has 0 aromatic rings. The monoisotopic (exact) mass is 608 g/mol. The molecule has 0 saturated carbocycles. The van der Waals surface area contributed by atoms with E-state index in [4.69, 9.17) is 5.11 Å². The van der Waals surface area contributed by atoms with Crippen LogP contribution in [-0.4, -0.2) is 183 Å². The number of aliphatic hydroxyl groups excluding tert-OH is 10. The maximum atomic E-state index is 14.0. The van der Waals surface area contributed by atoms with Crippen LogP contribution in [0.2, 0.25) is 0 Å². The van der Waals surface area contributed by atoms with Crippen LogP contribution in [-0.2, 0) is 4.79 Å². The van der Waals surface area contributed by atoms with Gasteiger partial charge in [-0.15, -0.1) is 0 Å². The Morgan fingerprint density at radius 2 is 1.55 bits per heavy atom. The maximum Gasteiger partial charge on any atom is 0.230 e. The molecule has 0 fully saturated rings. The molecule has 1 amide bonds. The Morgan fingerprint density at radius 1 is 0.881 bits per heavy atom. The molecule has 1 aliphatic carbocycles. The lowest BCUT2D eigenvalue weighted by molar-refractivity contribution is -0.140. The van der Waals surface area contributed by atoms with Crippen molar-refractivity contribution < 1.29 is 55.9 Å². The molecule has 0 spiro atoms. The quantitative estimate of drug-likeness (QED) is 0.0382. The van der Waals surface area contributed by atoms with E-state index >= 15 is 0 Å². The SMILES string of the molecule is CCC1C=C(CO)C(C(O)N(CCO)CC(O)C(O)CNCCO)=CC1C(=O)N(CCO)C(CO)C(CO)NCCO. The molecule has 42 heavy (non-hydrogen) atoms. The molecule has 7 atom stereocenters. The summed E-state index contributed by atoms with van der Waals surface area (Å²) >= 11 is 0. The maximum absolute atomic E-state index is 14.0. The second-order valence-corrected chi connectivity index (χ2v) is 10.2. The third-order valence-corrected chi connectivity index (χ3v) is 7.44. The largest absolute Gasteiger partial charge is 0.395 e. The summed E-state index contributed by atoms with van der Waals surface area (Å²) < 4.78 is 0. The van der Waals surface area contributed by atoms with E-state index in [0.29, 0.717) is 12.0 Å². The van der Waals surface area contributed by atoms with Crippen LogP contribution >= 0.6 is 0 Å². The summed E-state index contributed by atoms with van der Waals surface area (Å²) in [5.74, 6) is -1.83. The molecule has 12 N–H and O–H groups in total. The van der Waals surface area contributed by atoms with Crippen LogP contribution in [0, 0.1) is 11.8 Å². The van der Waals surface area contributed by atoms with E-state index in [1.807, 2.05) is 6.92 Å². The predicted molar refractivity (Wildman–Crippen MR) is 153 cm³/mol. The fourth-order valence-electron chi connectivity index (χ4n) is 5.12. The number of nitrogens with zero attached hydrogens (tertiary/aromatic N) is 2. The number of carbonyl (C=O) groups is 1. The molecule has 7 unspecified atom stereocenters. The van der Waals surface area contributed by atoms with E-state index < -0.39 is 81.3 Å². The van der Waals surface area contributed by atoms with Crippen LogP contribution < -0.4 is 10.6 Å². The molecule has 0 bridgehead atoms. The molecule has 246 valence electrons. The highest BCUT2D eigenvalue weighted by Gasteiger charge is 2.38.